The summed E-state index contributed by atoms with van der Waals surface area (Å²) in [4.78, 5) is 8.77. The fourth-order valence-corrected chi connectivity index (χ4v) is 5.66. The van der Waals surface area contributed by atoms with E-state index in [0.717, 1.165) is 69.2 Å². The minimum absolute atomic E-state index is 0. The van der Waals surface area contributed by atoms with Crippen LogP contribution in [-0.2, 0) is 10.5 Å². The molecule has 9 nitrogen and oxygen atoms in total. The number of thioether (sulfide) groups is 1. The van der Waals surface area contributed by atoms with Gasteiger partial charge in [0, 0.05) is 34.2 Å². The maximum atomic E-state index is 9.28. The predicted molar refractivity (Wildman–Crippen MR) is 164 cm³/mol. The quantitative estimate of drug-likeness (QED) is 0.234. The lowest BCUT2D eigenvalue weighted by Gasteiger charge is -2.16. The number of rotatable bonds is 6. The van der Waals surface area contributed by atoms with Gasteiger partial charge in [0.25, 0.3) is 0 Å². The molecular formula is C31H43N5O4S. The van der Waals surface area contributed by atoms with Gasteiger partial charge in [-0.15, -0.1) is 0 Å². The van der Waals surface area contributed by atoms with Crippen molar-refractivity contribution in [1.29, 1.82) is 5.26 Å². The van der Waals surface area contributed by atoms with E-state index in [-0.39, 0.29) is 25.6 Å². The molecule has 2 atom stereocenters. The van der Waals surface area contributed by atoms with Crippen LogP contribution < -0.4 is 0 Å². The van der Waals surface area contributed by atoms with Crippen LogP contribution in [0, 0.1) is 32.1 Å². The topological polar surface area (TPSA) is 130 Å². The maximum Gasteiger partial charge on any atom is 0.234 e. The molecule has 1 aliphatic heterocycles. The molecule has 4 aromatic rings. The van der Waals surface area contributed by atoms with Crippen LogP contribution in [0.4, 0.5) is 0 Å². The number of benzene rings is 1. The van der Waals surface area contributed by atoms with Crippen molar-refractivity contribution < 1.29 is 19.5 Å². The summed E-state index contributed by atoms with van der Waals surface area (Å²) in [6.07, 6.45) is 4.06. The van der Waals surface area contributed by atoms with E-state index in [2.05, 4.69) is 38.9 Å². The molecule has 2 N–H and O–H groups in total. The Labute approximate surface area is 247 Å². The molecule has 0 bridgehead atoms. The molecule has 0 aliphatic carbocycles. The number of hydrogen-bond donors (Lipinski definition) is 2. The number of aromatic nitrogens is 4. The highest BCUT2D eigenvalue weighted by atomic mass is 32.2. The number of ether oxygens (including phenoxy) is 1. The molecule has 1 aromatic carbocycles. The average molecular weight is 582 g/mol. The van der Waals surface area contributed by atoms with Gasteiger partial charge in [0.1, 0.15) is 17.9 Å². The standard InChI is InChI=1S/C25H25N5O2S.C3H8O2.C2H6.CH4/c1-15-12-30(25-23(15)17(3)27-21(11-26)28-25)22-10-9-19(31-22)13-33-14-20-16(2)29-32-24(20)18-7-5-4-6-8-18;1-3(2,4)5;1-2;/h4-8,12,19,22H,9-10,13-14H2,1-3H3;4-5H,1-2H3;1-2H3;1H4. The lowest BCUT2D eigenvalue weighted by atomic mass is 10.1. The molecule has 0 spiro atoms. The summed E-state index contributed by atoms with van der Waals surface area (Å²) in [5.74, 6) is 1.27. The molecule has 1 aliphatic rings. The van der Waals surface area contributed by atoms with E-state index in [1.807, 2.05) is 69.8 Å². The number of nitrogens with zero attached hydrogens (tertiary/aromatic N) is 5. The van der Waals surface area contributed by atoms with E-state index in [9.17, 15) is 5.26 Å². The second-order valence-electron chi connectivity index (χ2n) is 9.90. The van der Waals surface area contributed by atoms with Gasteiger partial charge >= 0.3 is 0 Å². The minimum atomic E-state index is -1.50. The van der Waals surface area contributed by atoms with Crippen molar-refractivity contribution in [2.75, 3.05) is 5.75 Å². The summed E-state index contributed by atoms with van der Waals surface area (Å²) in [5.41, 5.74) is 5.84. The van der Waals surface area contributed by atoms with Crippen molar-refractivity contribution in [3.8, 4) is 17.4 Å². The van der Waals surface area contributed by atoms with Gasteiger partial charge in [-0.05, 0) is 53.0 Å². The van der Waals surface area contributed by atoms with Gasteiger partial charge in [0.05, 0.1) is 17.5 Å². The van der Waals surface area contributed by atoms with Crippen LogP contribution in [0.25, 0.3) is 22.4 Å². The van der Waals surface area contributed by atoms with E-state index in [4.69, 9.17) is 19.5 Å². The molecule has 1 saturated heterocycles. The molecule has 0 saturated carbocycles. The first-order chi connectivity index (χ1) is 19.0. The van der Waals surface area contributed by atoms with Gasteiger partial charge in [-0.2, -0.15) is 17.0 Å². The van der Waals surface area contributed by atoms with Crippen molar-refractivity contribution in [3.63, 3.8) is 0 Å². The largest absolute Gasteiger partial charge is 0.366 e. The van der Waals surface area contributed by atoms with E-state index in [1.165, 1.54) is 13.8 Å². The van der Waals surface area contributed by atoms with Crippen LogP contribution in [0.1, 0.15) is 82.5 Å². The first-order valence-electron chi connectivity index (χ1n) is 13.5. The Balaban J connectivity index is 0.000000667. The second kappa shape index (κ2) is 15.1. The van der Waals surface area contributed by atoms with Crippen molar-refractivity contribution in [2.24, 2.45) is 0 Å². The van der Waals surface area contributed by atoms with Gasteiger partial charge in [0.2, 0.25) is 5.82 Å². The molecule has 4 heterocycles. The monoisotopic (exact) mass is 581 g/mol. The van der Waals surface area contributed by atoms with E-state index < -0.39 is 5.79 Å². The third kappa shape index (κ3) is 8.88. The highest BCUT2D eigenvalue weighted by molar-refractivity contribution is 7.98. The predicted octanol–water partition coefficient (Wildman–Crippen LogP) is 6.86. The number of aliphatic hydroxyl groups is 2. The fourth-order valence-electron chi connectivity index (χ4n) is 4.49. The Kier molecular flexibility index (Phi) is 12.5. The molecule has 0 amide bonds. The van der Waals surface area contributed by atoms with Gasteiger partial charge in [-0.25, -0.2) is 9.97 Å². The van der Waals surface area contributed by atoms with Gasteiger partial charge in [-0.3, -0.25) is 0 Å². The Morgan fingerprint density at radius 1 is 1.07 bits per heavy atom. The molecular weight excluding hydrogens is 538 g/mol. The Bertz CT molecular complexity index is 1430. The second-order valence-corrected chi connectivity index (χ2v) is 10.9. The summed E-state index contributed by atoms with van der Waals surface area (Å²) >= 11 is 1.84. The zero-order chi connectivity index (χ0) is 29.4. The fraction of sp³-hybridized carbons (Fsp3) is 0.484. The van der Waals surface area contributed by atoms with Crippen LogP contribution in [0.5, 0.6) is 0 Å². The summed E-state index contributed by atoms with van der Waals surface area (Å²) in [7, 11) is 0. The number of hydrogen-bond acceptors (Lipinski definition) is 9. The van der Waals surface area contributed by atoms with Gasteiger partial charge in [0.15, 0.2) is 11.5 Å². The lowest BCUT2D eigenvalue weighted by Crippen LogP contribution is -2.15. The van der Waals surface area contributed by atoms with E-state index in [1.54, 1.807) is 0 Å². The number of nitriles is 1. The summed E-state index contributed by atoms with van der Waals surface area (Å²) < 4.78 is 14.1. The smallest absolute Gasteiger partial charge is 0.234 e. The Morgan fingerprint density at radius 3 is 2.37 bits per heavy atom. The molecule has 2 unspecified atom stereocenters. The number of aryl methyl sites for hydroxylation is 3. The third-order valence-electron chi connectivity index (χ3n) is 6.11. The molecule has 3 aromatic heterocycles. The van der Waals surface area contributed by atoms with Crippen molar-refractivity contribution >= 4 is 22.8 Å². The Morgan fingerprint density at radius 2 is 1.73 bits per heavy atom. The van der Waals surface area contributed by atoms with E-state index >= 15 is 0 Å². The van der Waals surface area contributed by atoms with Gasteiger partial charge < -0.3 is 24.0 Å². The van der Waals surface area contributed by atoms with Gasteiger partial charge in [-0.1, -0.05) is 56.8 Å². The first kappa shape index (κ1) is 34.0. The summed E-state index contributed by atoms with van der Waals surface area (Å²) in [5, 5.41) is 30.6. The van der Waals surface area contributed by atoms with Crippen molar-refractivity contribution in [2.45, 2.75) is 92.6 Å². The zero-order valence-electron chi connectivity index (χ0n) is 24.3. The summed E-state index contributed by atoms with van der Waals surface area (Å²) in [6.45, 7) is 12.6. The van der Waals surface area contributed by atoms with E-state index in [0.29, 0.717) is 0 Å². The Hall–Kier alpha value is -3.23. The van der Waals surface area contributed by atoms with Crippen LogP contribution >= 0.6 is 11.8 Å². The van der Waals surface area contributed by atoms with Crippen LogP contribution in [0.3, 0.4) is 0 Å². The van der Waals surface area contributed by atoms with Crippen molar-refractivity contribution in [3.05, 3.63) is 64.9 Å². The third-order valence-corrected chi connectivity index (χ3v) is 7.21. The molecule has 0 radical (unpaired) electrons. The van der Waals surface area contributed by atoms with Crippen LogP contribution in [0.2, 0.25) is 0 Å². The maximum absolute atomic E-state index is 9.28. The minimum Gasteiger partial charge on any atom is -0.366 e. The molecule has 222 valence electrons. The first-order valence-corrected chi connectivity index (χ1v) is 14.6. The highest BCUT2D eigenvalue weighted by Gasteiger charge is 2.29. The highest BCUT2D eigenvalue weighted by Crippen LogP contribution is 2.36. The van der Waals surface area contributed by atoms with Crippen molar-refractivity contribution in [1.82, 2.24) is 19.7 Å². The molecule has 5 rings (SSSR count). The normalized spacial score (nSPS) is 16.2. The molecule has 10 heteroatoms. The molecule has 1 fully saturated rings. The van der Waals surface area contributed by atoms with Crippen LogP contribution in [0.15, 0.2) is 41.1 Å². The SMILES string of the molecule is C.CC.CC(C)(O)O.Cc1noc(-c2ccccc2)c1CSCC1CCC(n2cc(C)c3c(C)nc(C#N)nc32)O1. The zero-order valence-corrected chi connectivity index (χ0v) is 25.1. The average Bonchev–Trinajstić information content (AvgIpc) is 3.62. The molecule has 41 heavy (non-hydrogen) atoms. The van der Waals surface area contributed by atoms with Crippen LogP contribution in [-0.4, -0.2) is 47.5 Å². The summed E-state index contributed by atoms with van der Waals surface area (Å²) in [6, 6.07) is 12.2. The lowest BCUT2D eigenvalue weighted by molar-refractivity contribution is -0.127. The number of fused-ring (bicyclic) bond motifs is 1.